The zero-order valence-electron chi connectivity index (χ0n) is 75.5. The molecule has 28 rings (SSSR count). The number of fused-ring (bicyclic) bond motifs is 18. The van der Waals surface area contributed by atoms with Crippen LogP contribution in [0.25, 0.3) is 243 Å². The van der Waals surface area contributed by atoms with E-state index in [2.05, 4.69) is 561 Å². The van der Waals surface area contributed by atoms with Crippen LogP contribution in [-0.2, 0) is 0 Å². The molecular weight excluding hydrogens is 1670 g/mol. The summed E-state index contributed by atoms with van der Waals surface area (Å²) in [6, 6.07) is 193. The van der Waals surface area contributed by atoms with E-state index < -0.39 is 0 Å². The Bertz CT molecular complexity index is 9130. The fraction of sp³-hybridized carbons (Fsp3) is 0. The molecule has 0 bridgehead atoms. The molecule has 138 heavy (non-hydrogen) atoms. The van der Waals surface area contributed by atoms with E-state index >= 15 is 0 Å². The molecule has 0 amide bonds. The monoisotopic (exact) mass is 1760 g/mol. The van der Waals surface area contributed by atoms with Gasteiger partial charge >= 0.3 is 0 Å². The summed E-state index contributed by atoms with van der Waals surface area (Å²) >= 11 is 0. The Morgan fingerprint density at radius 3 is 0.536 bits per heavy atom. The first-order valence-electron chi connectivity index (χ1n) is 47.4. The lowest BCUT2D eigenvalue weighted by molar-refractivity contribution is 1.18. The van der Waals surface area contributed by atoms with Crippen LogP contribution >= 0.6 is 0 Å². The zero-order valence-corrected chi connectivity index (χ0v) is 75.5. The van der Waals surface area contributed by atoms with E-state index in [0.29, 0.717) is 0 Å². The van der Waals surface area contributed by atoms with E-state index in [1.54, 1.807) is 0 Å². The summed E-state index contributed by atoms with van der Waals surface area (Å²) in [7, 11) is 0. The fourth-order valence-corrected chi connectivity index (χ4v) is 21.5. The number of aromatic nitrogens is 6. The SMILES string of the molecule is c1ccc(-c2ccc(-n3c4ccccc4c4cc(-c5ccc6c(c5)c5ccccc5n6-c5ccc(-c6ccccc6)cc5)ccc43)cc2)cc1.c1ccc(-c2cccc(-n3c4ccccc4c4cc(-c5ccc6c(c5)c5ccccc5n6-c5cccc(-c6ccccc6)c5)ccc43)c2)cc1.c1ccc(-n2c3ccccc3c3cc(-c4ccc5c6ccccc6n(-c6ccccc6)c5c4)ccc32)cc1. The van der Waals surface area contributed by atoms with Crippen LogP contribution in [0.4, 0.5) is 0 Å². The summed E-state index contributed by atoms with van der Waals surface area (Å²) in [6.45, 7) is 0. The van der Waals surface area contributed by atoms with Crippen molar-refractivity contribution < 1.29 is 0 Å². The van der Waals surface area contributed by atoms with Crippen molar-refractivity contribution in [3.8, 4) is 112 Å². The van der Waals surface area contributed by atoms with Crippen molar-refractivity contribution in [3.63, 3.8) is 0 Å². The molecule has 28 aromatic rings. The number of hydrogen-bond acceptors (Lipinski definition) is 0. The molecule has 646 valence electrons. The first-order chi connectivity index (χ1) is 68.5. The molecule has 6 heterocycles. The number of hydrogen-bond donors (Lipinski definition) is 0. The minimum atomic E-state index is 1.16. The largest absolute Gasteiger partial charge is 0.309 e. The Morgan fingerprint density at radius 2 is 0.246 bits per heavy atom. The van der Waals surface area contributed by atoms with Gasteiger partial charge in [0.25, 0.3) is 0 Å². The molecule has 0 spiro atoms. The van der Waals surface area contributed by atoms with E-state index in [0.717, 1.165) is 22.7 Å². The van der Waals surface area contributed by atoms with Gasteiger partial charge in [-0.3, -0.25) is 0 Å². The van der Waals surface area contributed by atoms with Gasteiger partial charge in [-0.1, -0.05) is 358 Å². The van der Waals surface area contributed by atoms with Crippen molar-refractivity contribution in [3.05, 3.63) is 534 Å². The third-order valence-electron chi connectivity index (χ3n) is 28.0. The third kappa shape index (κ3) is 14.0. The second-order valence-electron chi connectivity index (χ2n) is 35.8. The van der Waals surface area contributed by atoms with Crippen molar-refractivity contribution >= 4 is 131 Å². The minimum absolute atomic E-state index is 1.16. The smallest absolute Gasteiger partial charge is 0.0547 e. The van der Waals surface area contributed by atoms with Crippen LogP contribution in [0, 0.1) is 0 Å². The van der Waals surface area contributed by atoms with Crippen LogP contribution < -0.4 is 0 Å². The van der Waals surface area contributed by atoms with Gasteiger partial charge < -0.3 is 27.4 Å². The van der Waals surface area contributed by atoms with E-state index in [1.807, 2.05) is 0 Å². The van der Waals surface area contributed by atoms with Crippen LogP contribution in [0.3, 0.4) is 0 Å². The van der Waals surface area contributed by atoms with Gasteiger partial charge in [0, 0.05) is 98.8 Å². The molecule has 6 aromatic heterocycles. The molecule has 6 heteroatoms. The summed E-state index contributed by atoms with van der Waals surface area (Å²) in [5, 5.41) is 15.1. The van der Waals surface area contributed by atoms with E-state index in [9.17, 15) is 0 Å². The van der Waals surface area contributed by atoms with Crippen molar-refractivity contribution in [2.45, 2.75) is 0 Å². The van der Waals surface area contributed by atoms with Crippen LogP contribution in [0.5, 0.6) is 0 Å². The molecule has 0 aliphatic rings. The minimum Gasteiger partial charge on any atom is -0.309 e. The molecule has 0 saturated carbocycles. The topological polar surface area (TPSA) is 29.6 Å². The molecule has 0 fully saturated rings. The average Bonchev–Trinajstić information content (AvgIpc) is 1.58. The van der Waals surface area contributed by atoms with Gasteiger partial charge in [-0.05, 0) is 254 Å². The molecular formula is C132H88N6. The second-order valence-corrected chi connectivity index (χ2v) is 35.8. The lowest BCUT2D eigenvalue weighted by Crippen LogP contribution is -1.94. The Hall–Kier alpha value is -18.4. The highest BCUT2D eigenvalue weighted by molar-refractivity contribution is 6.17. The summed E-state index contributed by atoms with van der Waals surface area (Å²) < 4.78 is 14.3. The lowest BCUT2D eigenvalue weighted by Gasteiger charge is -2.11. The highest BCUT2D eigenvalue weighted by atomic mass is 15.0. The van der Waals surface area contributed by atoms with E-state index in [1.165, 1.54) is 220 Å². The highest BCUT2D eigenvalue weighted by Crippen LogP contribution is 2.45. The Kier molecular flexibility index (Phi) is 19.9. The molecule has 6 nitrogen and oxygen atoms in total. The molecule has 0 radical (unpaired) electrons. The van der Waals surface area contributed by atoms with Crippen LogP contribution in [0.15, 0.2) is 534 Å². The molecule has 0 saturated heterocycles. The Labute approximate surface area is 798 Å². The lowest BCUT2D eigenvalue weighted by atomic mass is 10.0. The highest BCUT2D eigenvalue weighted by Gasteiger charge is 2.23. The van der Waals surface area contributed by atoms with Gasteiger partial charge in [-0.15, -0.1) is 0 Å². The predicted molar refractivity (Wildman–Crippen MR) is 583 cm³/mol. The van der Waals surface area contributed by atoms with Crippen LogP contribution in [0.1, 0.15) is 0 Å². The summed E-state index contributed by atoms with van der Waals surface area (Å²) in [4.78, 5) is 0. The first kappa shape index (κ1) is 80.5. The third-order valence-corrected chi connectivity index (χ3v) is 28.0. The molecule has 0 atom stereocenters. The fourth-order valence-electron chi connectivity index (χ4n) is 21.5. The summed E-state index contributed by atoms with van der Waals surface area (Å²) in [6.07, 6.45) is 0. The predicted octanol–water partition coefficient (Wildman–Crippen LogP) is 35.3. The van der Waals surface area contributed by atoms with Crippen molar-refractivity contribution in [2.24, 2.45) is 0 Å². The van der Waals surface area contributed by atoms with Crippen LogP contribution in [0.2, 0.25) is 0 Å². The zero-order chi connectivity index (χ0) is 91.1. The molecule has 0 N–H and O–H groups in total. The summed E-state index contributed by atoms with van der Waals surface area (Å²) in [5.41, 5.74) is 38.6. The van der Waals surface area contributed by atoms with E-state index in [4.69, 9.17) is 0 Å². The van der Waals surface area contributed by atoms with Gasteiger partial charge in [-0.2, -0.15) is 0 Å². The van der Waals surface area contributed by atoms with Crippen molar-refractivity contribution in [1.82, 2.24) is 27.4 Å². The first-order valence-corrected chi connectivity index (χ1v) is 47.4. The second kappa shape index (κ2) is 34.0. The van der Waals surface area contributed by atoms with Gasteiger partial charge in [0.15, 0.2) is 0 Å². The number of rotatable bonds is 13. The normalized spacial score (nSPS) is 11.6. The van der Waals surface area contributed by atoms with Crippen molar-refractivity contribution in [2.75, 3.05) is 0 Å². The molecule has 0 aliphatic carbocycles. The average molecular weight is 1760 g/mol. The summed E-state index contributed by atoms with van der Waals surface area (Å²) in [5.74, 6) is 0. The van der Waals surface area contributed by atoms with Crippen LogP contribution in [-0.4, -0.2) is 27.4 Å². The van der Waals surface area contributed by atoms with Gasteiger partial charge in [0.05, 0.1) is 66.2 Å². The quantitative estimate of drug-likeness (QED) is 0.110. The standard InChI is InChI=1S/2C48H32N2.C36H24N2/c1-3-13-33(14-4-1)35-17-11-19-39(29-35)49-45-23-9-7-21-41(45)43-31-37(25-27-47(43)49)38-26-28-48-44(32-38)42-22-8-10-24-46(42)50(48)40-20-12-18-36(30-40)34-15-5-2-6-16-34;1-3-11-33(12-4-1)35-19-25-39(26-20-35)49-45-17-9-7-15-41(45)43-31-37(23-29-47(43)49)38-24-30-48-44(32-38)42-16-8-10-18-46(42)50(48)40-27-21-36(22-28-40)34-13-5-2-6-14-34;1-3-11-27(12-4-1)37-34-18-10-8-16-30(34)32-23-25(20-22-35(32)37)26-19-21-31-29-15-7-9-17-33(29)38(36(31)24-26)28-13-5-2-6-14-28/h2*1-32H;1-24H. The Balaban J connectivity index is 0.000000108. The molecule has 22 aromatic carbocycles. The maximum atomic E-state index is 2.40. The molecule has 0 aliphatic heterocycles. The number of para-hydroxylation sites is 8. The maximum Gasteiger partial charge on any atom is 0.0547 e. The van der Waals surface area contributed by atoms with Gasteiger partial charge in [-0.25, -0.2) is 0 Å². The maximum absolute atomic E-state index is 2.40. The molecule has 0 unspecified atom stereocenters. The van der Waals surface area contributed by atoms with Crippen molar-refractivity contribution in [1.29, 1.82) is 0 Å². The van der Waals surface area contributed by atoms with E-state index in [-0.39, 0.29) is 0 Å². The number of benzene rings is 22. The van der Waals surface area contributed by atoms with Gasteiger partial charge in [0.1, 0.15) is 0 Å². The van der Waals surface area contributed by atoms with Gasteiger partial charge in [0.2, 0.25) is 0 Å². The Morgan fingerprint density at radius 1 is 0.0797 bits per heavy atom. The number of nitrogens with zero attached hydrogens (tertiary/aromatic N) is 6.